The summed E-state index contributed by atoms with van der Waals surface area (Å²) in [6, 6.07) is -0.657. The summed E-state index contributed by atoms with van der Waals surface area (Å²) in [7, 11) is 0. The zero-order valence-corrected chi connectivity index (χ0v) is 41.7. The fourth-order valence-electron chi connectivity index (χ4n) is 6.80. The number of rotatable bonds is 45. The lowest BCUT2D eigenvalue weighted by Crippen LogP contribution is -2.45. The molecule has 1 amide bonds. The predicted octanol–water partition coefficient (Wildman–Crippen LogP) is 17.4. The molecular formula is C61H97NO3. The van der Waals surface area contributed by atoms with Gasteiger partial charge in [-0.15, -0.1) is 0 Å². The van der Waals surface area contributed by atoms with Crippen molar-refractivity contribution >= 4 is 5.91 Å². The van der Waals surface area contributed by atoms with Crippen molar-refractivity contribution in [2.24, 2.45) is 0 Å². The Hall–Kier alpha value is -3.99. The van der Waals surface area contributed by atoms with Crippen LogP contribution >= 0.6 is 0 Å². The van der Waals surface area contributed by atoms with Gasteiger partial charge < -0.3 is 15.5 Å². The SMILES string of the molecule is CC/C=C\C/C=C\C/C=C\C/C=C\C/C=C\C/C=C\C/C=C\C/C=C\C/C=C\C/C=C\C/C=C\C/C=C\CCCCC(=O)NC(CO)C(O)/C=C/CCCCCCCCCCCCCC. The Labute approximate surface area is 401 Å². The first-order valence-corrected chi connectivity index (χ1v) is 26.2. The molecular weight excluding hydrogens is 795 g/mol. The van der Waals surface area contributed by atoms with Gasteiger partial charge in [0.15, 0.2) is 0 Å². The van der Waals surface area contributed by atoms with E-state index < -0.39 is 12.1 Å². The Morgan fingerprint density at radius 3 is 1.02 bits per heavy atom. The van der Waals surface area contributed by atoms with Crippen LogP contribution in [-0.4, -0.2) is 34.9 Å². The molecule has 0 aliphatic rings. The van der Waals surface area contributed by atoms with E-state index in [1.807, 2.05) is 6.08 Å². The number of hydrogen-bond acceptors (Lipinski definition) is 3. The summed E-state index contributed by atoms with van der Waals surface area (Å²) in [6.45, 7) is 4.16. The van der Waals surface area contributed by atoms with Crippen LogP contribution in [0.5, 0.6) is 0 Å². The lowest BCUT2D eigenvalue weighted by atomic mass is 10.0. The molecule has 4 heteroatoms. The van der Waals surface area contributed by atoms with E-state index in [1.54, 1.807) is 6.08 Å². The third-order valence-corrected chi connectivity index (χ3v) is 10.8. The van der Waals surface area contributed by atoms with Crippen LogP contribution in [0, 0.1) is 0 Å². The highest BCUT2D eigenvalue weighted by atomic mass is 16.3. The van der Waals surface area contributed by atoms with Crippen LogP contribution in [-0.2, 0) is 4.79 Å². The molecule has 4 nitrogen and oxygen atoms in total. The zero-order chi connectivity index (χ0) is 47.0. The molecule has 0 radical (unpaired) electrons. The van der Waals surface area contributed by atoms with Gasteiger partial charge in [0.2, 0.25) is 5.91 Å². The summed E-state index contributed by atoms with van der Waals surface area (Å²) >= 11 is 0. The van der Waals surface area contributed by atoms with E-state index in [9.17, 15) is 15.0 Å². The third kappa shape index (κ3) is 50.9. The normalized spacial score (nSPS) is 14.2. The van der Waals surface area contributed by atoms with Gasteiger partial charge in [-0.05, 0) is 109 Å². The minimum atomic E-state index is -0.868. The van der Waals surface area contributed by atoms with Crippen LogP contribution in [0.1, 0.15) is 200 Å². The monoisotopic (exact) mass is 892 g/mol. The zero-order valence-electron chi connectivity index (χ0n) is 41.7. The number of amides is 1. The van der Waals surface area contributed by atoms with Crippen molar-refractivity contribution in [3.05, 3.63) is 158 Å². The quantitative estimate of drug-likeness (QED) is 0.0421. The molecule has 0 aromatic carbocycles. The van der Waals surface area contributed by atoms with E-state index in [0.717, 1.165) is 109 Å². The van der Waals surface area contributed by atoms with Gasteiger partial charge in [0.25, 0.3) is 0 Å². The molecule has 0 aromatic heterocycles. The maximum Gasteiger partial charge on any atom is 0.220 e. The lowest BCUT2D eigenvalue weighted by Gasteiger charge is -2.19. The van der Waals surface area contributed by atoms with Gasteiger partial charge in [-0.25, -0.2) is 0 Å². The highest BCUT2D eigenvalue weighted by Crippen LogP contribution is 2.13. The van der Waals surface area contributed by atoms with E-state index >= 15 is 0 Å². The minimum absolute atomic E-state index is 0.114. The molecule has 0 aromatic rings. The number of nitrogens with one attached hydrogen (secondary N) is 1. The first kappa shape index (κ1) is 61.0. The molecule has 2 unspecified atom stereocenters. The van der Waals surface area contributed by atoms with Crippen LogP contribution in [0.3, 0.4) is 0 Å². The smallest absolute Gasteiger partial charge is 0.220 e. The Morgan fingerprint density at radius 2 is 0.677 bits per heavy atom. The number of aliphatic hydroxyl groups excluding tert-OH is 2. The maximum absolute atomic E-state index is 12.4. The molecule has 0 heterocycles. The molecule has 364 valence electrons. The Balaban J connectivity index is 3.76. The fourth-order valence-corrected chi connectivity index (χ4v) is 6.80. The second-order valence-electron chi connectivity index (χ2n) is 16.9. The summed E-state index contributed by atoms with van der Waals surface area (Å²) in [5.74, 6) is -0.114. The second kappa shape index (κ2) is 54.3. The molecule has 0 spiro atoms. The summed E-state index contributed by atoms with van der Waals surface area (Å²) < 4.78 is 0. The van der Waals surface area contributed by atoms with Crippen molar-refractivity contribution in [1.82, 2.24) is 5.32 Å². The molecule has 0 saturated heterocycles. The number of carbonyl (C=O) groups excluding carboxylic acids is 1. The van der Waals surface area contributed by atoms with Crippen molar-refractivity contribution < 1.29 is 15.0 Å². The largest absolute Gasteiger partial charge is 0.394 e. The average molecular weight is 892 g/mol. The van der Waals surface area contributed by atoms with Gasteiger partial charge in [0.05, 0.1) is 18.8 Å². The van der Waals surface area contributed by atoms with Crippen molar-refractivity contribution in [1.29, 1.82) is 0 Å². The first-order valence-electron chi connectivity index (χ1n) is 26.2. The number of aliphatic hydroxyl groups is 2. The highest BCUT2D eigenvalue weighted by molar-refractivity contribution is 5.76. The van der Waals surface area contributed by atoms with Crippen molar-refractivity contribution in [3.8, 4) is 0 Å². The van der Waals surface area contributed by atoms with Crippen molar-refractivity contribution in [2.75, 3.05) is 6.61 Å². The van der Waals surface area contributed by atoms with Gasteiger partial charge in [-0.2, -0.15) is 0 Å². The molecule has 65 heavy (non-hydrogen) atoms. The lowest BCUT2D eigenvalue weighted by molar-refractivity contribution is -0.123. The number of allylic oxidation sites excluding steroid dienone is 25. The molecule has 0 aliphatic carbocycles. The second-order valence-corrected chi connectivity index (χ2v) is 16.9. The number of carbonyl (C=O) groups is 1. The van der Waals surface area contributed by atoms with Crippen LogP contribution in [0.2, 0.25) is 0 Å². The topological polar surface area (TPSA) is 69.6 Å². The first-order chi connectivity index (χ1) is 32.2. The number of unbranched alkanes of at least 4 members (excludes halogenated alkanes) is 14. The molecule has 0 rings (SSSR count). The van der Waals surface area contributed by atoms with Gasteiger partial charge in [0.1, 0.15) is 0 Å². The molecule has 0 bridgehead atoms. The molecule has 3 N–H and O–H groups in total. The Bertz CT molecular complexity index is 1430. The van der Waals surface area contributed by atoms with Gasteiger partial charge in [0, 0.05) is 6.42 Å². The van der Waals surface area contributed by atoms with E-state index in [4.69, 9.17) is 0 Å². The summed E-state index contributed by atoms with van der Waals surface area (Å²) in [6.07, 6.45) is 88.0. The fraction of sp³-hybridized carbons (Fsp3) is 0.557. The van der Waals surface area contributed by atoms with Crippen LogP contribution in [0.25, 0.3) is 0 Å². The summed E-state index contributed by atoms with van der Waals surface area (Å²) in [4.78, 5) is 12.4. The third-order valence-electron chi connectivity index (χ3n) is 10.8. The van der Waals surface area contributed by atoms with Crippen LogP contribution in [0.15, 0.2) is 158 Å². The standard InChI is InChI=1S/C61H97NO3/c1-3-5-7-9-11-13-15-17-19-20-21-22-23-24-25-26-27-28-29-30-31-32-33-34-35-36-37-38-39-40-41-42-43-45-47-49-51-53-55-57-61(65)62-59(58-63)60(64)56-54-52-50-48-46-44-18-16-14-12-10-8-6-4-2/h5,7,11,13,17,19,21-22,24-25,27-28,30-31,33-34,36-37,39-40,42-43,47,49,54,56,59-60,63-64H,3-4,6,8-10,12,14-16,18,20,23,26,29,32,35,38,41,44-46,48,50-53,55,57-58H2,1-2H3,(H,62,65)/b7-5-,13-11-,19-17-,22-21-,25-24-,28-27-,31-30-,34-33-,37-36-,40-39-,43-42-,49-47-,56-54+. The Kier molecular flexibility index (Phi) is 51.0. The van der Waals surface area contributed by atoms with E-state index in [0.29, 0.717) is 6.42 Å². The van der Waals surface area contributed by atoms with Crippen LogP contribution < -0.4 is 5.32 Å². The van der Waals surface area contributed by atoms with E-state index in [-0.39, 0.29) is 12.5 Å². The Morgan fingerprint density at radius 1 is 0.385 bits per heavy atom. The summed E-state index contributed by atoms with van der Waals surface area (Å²) in [5, 5.41) is 23.0. The van der Waals surface area contributed by atoms with Gasteiger partial charge in [-0.1, -0.05) is 242 Å². The van der Waals surface area contributed by atoms with Gasteiger partial charge >= 0.3 is 0 Å². The van der Waals surface area contributed by atoms with Crippen molar-refractivity contribution in [2.45, 2.75) is 212 Å². The van der Waals surface area contributed by atoms with Crippen molar-refractivity contribution in [3.63, 3.8) is 0 Å². The van der Waals surface area contributed by atoms with Gasteiger partial charge in [-0.3, -0.25) is 4.79 Å². The predicted molar refractivity (Wildman–Crippen MR) is 289 cm³/mol. The molecule has 0 aliphatic heterocycles. The number of hydrogen-bond donors (Lipinski definition) is 3. The molecule has 0 saturated carbocycles. The van der Waals surface area contributed by atoms with Crippen LogP contribution in [0.4, 0.5) is 0 Å². The highest BCUT2D eigenvalue weighted by Gasteiger charge is 2.17. The summed E-state index contributed by atoms with van der Waals surface area (Å²) in [5.41, 5.74) is 0. The molecule has 2 atom stereocenters. The molecule has 0 fully saturated rings. The average Bonchev–Trinajstić information content (AvgIpc) is 3.31. The van der Waals surface area contributed by atoms with E-state index in [2.05, 4.69) is 165 Å². The van der Waals surface area contributed by atoms with E-state index in [1.165, 1.54) is 70.6 Å². The minimum Gasteiger partial charge on any atom is -0.394 e. The maximum atomic E-state index is 12.4.